The molecule has 4 heterocycles. The summed E-state index contributed by atoms with van der Waals surface area (Å²) in [6.45, 7) is 6.20. The van der Waals surface area contributed by atoms with Gasteiger partial charge >= 0.3 is 6.09 Å². The highest BCUT2D eigenvalue weighted by Crippen LogP contribution is 2.38. The normalized spacial score (nSPS) is 24.9. The molecule has 4 atom stereocenters. The van der Waals surface area contributed by atoms with Gasteiger partial charge in [0, 0.05) is 56.2 Å². The first-order chi connectivity index (χ1) is 17.4. The van der Waals surface area contributed by atoms with Crippen LogP contribution in [0.15, 0.2) is 42.6 Å². The molecule has 2 bridgehead atoms. The number of fused-ring (bicyclic) bond motifs is 2. The van der Waals surface area contributed by atoms with Crippen molar-refractivity contribution < 1.29 is 14.7 Å². The molecule has 0 unspecified atom stereocenters. The van der Waals surface area contributed by atoms with E-state index in [9.17, 15) is 9.59 Å². The average molecular weight is 493 g/mol. The number of carboxylic acid groups (broad SMARTS) is 1. The lowest BCUT2D eigenvalue weighted by Crippen LogP contribution is -2.50. The lowest BCUT2D eigenvalue weighted by atomic mass is 9.97. The van der Waals surface area contributed by atoms with Gasteiger partial charge in [0.2, 0.25) is 0 Å². The number of carbonyl (C=O) groups excluding carboxylic acids is 1. The predicted octanol–water partition coefficient (Wildman–Crippen LogP) is 3.09. The van der Waals surface area contributed by atoms with Crippen molar-refractivity contribution in [3.63, 3.8) is 0 Å². The van der Waals surface area contributed by atoms with Crippen molar-refractivity contribution in [2.75, 3.05) is 43.0 Å². The molecule has 3 fully saturated rings. The van der Waals surface area contributed by atoms with E-state index in [1.807, 2.05) is 19.1 Å². The second-order valence-corrected chi connectivity index (χ2v) is 10.4. The number of benzene rings is 1. The number of nitrogens with one attached hydrogen (secondary N) is 2. The maximum absolute atomic E-state index is 12.9. The molecule has 0 radical (unpaired) electrons. The third kappa shape index (κ3) is 5.26. The Morgan fingerprint density at radius 1 is 1.00 bits per heavy atom. The van der Waals surface area contributed by atoms with Crippen LogP contribution in [-0.4, -0.2) is 78.3 Å². The topological polar surface area (TPSA) is 101 Å². The molecule has 1 aromatic heterocycles. The van der Waals surface area contributed by atoms with E-state index in [4.69, 9.17) is 5.11 Å². The van der Waals surface area contributed by atoms with Crippen molar-refractivity contribution in [3.05, 3.63) is 53.7 Å². The molecule has 3 saturated heterocycles. The highest BCUT2D eigenvalue weighted by molar-refractivity contribution is 5.94. The van der Waals surface area contributed by atoms with Gasteiger partial charge in [-0.05, 0) is 69.5 Å². The second-order valence-electron chi connectivity index (χ2n) is 10.4. The Kier molecular flexibility index (Phi) is 7.00. The second kappa shape index (κ2) is 10.3. The van der Waals surface area contributed by atoms with Crippen LogP contribution in [0.25, 0.3) is 0 Å². The first-order valence-electron chi connectivity index (χ1n) is 13.0. The van der Waals surface area contributed by atoms with Crippen LogP contribution in [0.4, 0.5) is 16.3 Å². The Morgan fingerprint density at radius 2 is 1.67 bits per heavy atom. The van der Waals surface area contributed by atoms with Crippen molar-refractivity contribution in [1.29, 1.82) is 0 Å². The van der Waals surface area contributed by atoms with Crippen molar-refractivity contribution in [1.82, 2.24) is 20.5 Å². The molecule has 3 aliphatic heterocycles. The molecule has 2 aromatic rings. The number of hydrogen-bond acceptors (Lipinski definition) is 6. The Morgan fingerprint density at radius 3 is 2.25 bits per heavy atom. The molecule has 5 rings (SSSR count). The van der Waals surface area contributed by atoms with Gasteiger partial charge in [0.15, 0.2) is 0 Å². The SMILES string of the molecule is C[C@H](NC(=O)c1ccc(N2[C@@H]3CC[C@H]2C[C@@H](NC(=O)O)C3)nc1)c1ccc(N2CCN(C)CC2)cc1. The summed E-state index contributed by atoms with van der Waals surface area (Å²) in [6, 6.07) is 12.7. The summed E-state index contributed by atoms with van der Waals surface area (Å²) in [4.78, 5) is 35.6. The van der Waals surface area contributed by atoms with Crippen LogP contribution >= 0.6 is 0 Å². The number of carbonyl (C=O) groups is 2. The number of rotatable bonds is 6. The minimum Gasteiger partial charge on any atom is -0.465 e. The van der Waals surface area contributed by atoms with Gasteiger partial charge in [0.25, 0.3) is 5.91 Å². The number of anilines is 2. The highest BCUT2D eigenvalue weighted by atomic mass is 16.4. The van der Waals surface area contributed by atoms with Crippen molar-refractivity contribution in [2.45, 2.75) is 56.8 Å². The minimum absolute atomic E-state index is 0.00147. The van der Waals surface area contributed by atoms with E-state index in [1.54, 1.807) is 6.20 Å². The summed E-state index contributed by atoms with van der Waals surface area (Å²) in [5, 5.41) is 14.8. The molecule has 9 heteroatoms. The number of piperidine rings is 1. The van der Waals surface area contributed by atoms with E-state index in [0.717, 1.165) is 63.2 Å². The summed E-state index contributed by atoms with van der Waals surface area (Å²) in [6.07, 6.45) is 4.35. The molecule has 2 amide bonds. The lowest BCUT2D eigenvalue weighted by Gasteiger charge is -2.39. The first-order valence-corrected chi connectivity index (χ1v) is 13.0. The molecule has 1 aromatic carbocycles. The molecule has 0 aliphatic carbocycles. The summed E-state index contributed by atoms with van der Waals surface area (Å²) < 4.78 is 0. The third-order valence-electron chi connectivity index (χ3n) is 7.94. The largest absolute Gasteiger partial charge is 0.465 e. The number of pyridine rings is 1. The molecule has 3 N–H and O–H groups in total. The summed E-state index contributed by atoms with van der Waals surface area (Å²) in [7, 11) is 2.15. The molecular weight excluding hydrogens is 456 g/mol. The molecule has 0 saturated carbocycles. The van der Waals surface area contributed by atoms with Gasteiger partial charge in [-0.25, -0.2) is 9.78 Å². The number of likely N-dealkylation sites (N-methyl/N-ethyl adjacent to an activating group) is 1. The fourth-order valence-electron chi connectivity index (χ4n) is 5.92. The molecule has 0 spiro atoms. The fraction of sp³-hybridized carbons (Fsp3) is 0.519. The van der Waals surface area contributed by atoms with E-state index < -0.39 is 6.09 Å². The van der Waals surface area contributed by atoms with Crippen LogP contribution in [0.1, 0.15) is 54.6 Å². The molecule has 36 heavy (non-hydrogen) atoms. The molecular formula is C27H36N6O3. The standard InChI is InChI=1S/C27H36N6O3/c1-18(19-3-6-22(7-4-19)32-13-11-31(2)12-14-32)29-26(34)20-5-10-25(28-17-20)33-23-8-9-24(33)16-21(15-23)30-27(35)36/h3-7,10,17-18,21,23-24,30H,8-9,11-16H2,1-2H3,(H,29,34)(H,35,36)/t18-,21-,23+,24-/m0/s1. The van der Waals surface area contributed by atoms with Crippen LogP contribution in [-0.2, 0) is 0 Å². The van der Waals surface area contributed by atoms with Crippen LogP contribution in [0.2, 0.25) is 0 Å². The van der Waals surface area contributed by atoms with Gasteiger partial charge < -0.3 is 30.4 Å². The zero-order valence-corrected chi connectivity index (χ0v) is 21.1. The van der Waals surface area contributed by atoms with E-state index >= 15 is 0 Å². The van der Waals surface area contributed by atoms with Crippen LogP contribution < -0.4 is 20.4 Å². The summed E-state index contributed by atoms with van der Waals surface area (Å²) >= 11 is 0. The van der Waals surface area contributed by atoms with Crippen molar-refractivity contribution >= 4 is 23.5 Å². The Labute approximate surface area is 212 Å². The molecule has 192 valence electrons. The molecule has 3 aliphatic rings. The molecule has 9 nitrogen and oxygen atoms in total. The van der Waals surface area contributed by atoms with E-state index in [0.29, 0.717) is 5.56 Å². The Hall–Kier alpha value is -3.33. The summed E-state index contributed by atoms with van der Waals surface area (Å²) in [5.74, 6) is 0.720. The number of amides is 2. The van der Waals surface area contributed by atoms with E-state index in [1.165, 1.54) is 5.69 Å². The van der Waals surface area contributed by atoms with Gasteiger partial charge in [-0.3, -0.25) is 4.79 Å². The quantitative estimate of drug-likeness (QED) is 0.570. The first kappa shape index (κ1) is 24.4. The number of piperazine rings is 1. The third-order valence-corrected chi connectivity index (χ3v) is 7.94. The van der Waals surface area contributed by atoms with Gasteiger partial charge in [-0.15, -0.1) is 0 Å². The van der Waals surface area contributed by atoms with Crippen LogP contribution in [0.3, 0.4) is 0 Å². The smallest absolute Gasteiger partial charge is 0.404 e. The highest BCUT2D eigenvalue weighted by Gasteiger charge is 2.41. The van der Waals surface area contributed by atoms with E-state index in [-0.39, 0.29) is 30.1 Å². The Bertz CT molecular complexity index is 1050. The van der Waals surface area contributed by atoms with Gasteiger partial charge in [0.05, 0.1) is 11.6 Å². The minimum atomic E-state index is -0.957. The van der Waals surface area contributed by atoms with Gasteiger partial charge in [-0.1, -0.05) is 12.1 Å². The maximum Gasteiger partial charge on any atom is 0.404 e. The van der Waals surface area contributed by atoms with Crippen LogP contribution in [0, 0.1) is 0 Å². The predicted molar refractivity (Wildman–Crippen MR) is 140 cm³/mol. The van der Waals surface area contributed by atoms with Crippen molar-refractivity contribution in [2.24, 2.45) is 0 Å². The average Bonchev–Trinajstić information content (AvgIpc) is 3.14. The number of nitrogens with zero attached hydrogens (tertiary/aromatic N) is 4. The fourth-order valence-corrected chi connectivity index (χ4v) is 5.92. The summed E-state index contributed by atoms with van der Waals surface area (Å²) in [5.41, 5.74) is 2.83. The van der Waals surface area contributed by atoms with Crippen LogP contribution in [0.5, 0.6) is 0 Å². The van der Waals surface area contributed by atoms with Gasteiger partial charge in [0.1, 0.15) is 5.82 Å². The van der Waals surface area contributed by atoms with Gasteiger partial charge in [-0.2, -0.15) is 0 Å². The van der Waals surface area contributed by atoms with E-state index in [2.05, 4.69) is 61.6 Å². The zero-order valence-electron chi connectivity index (χ0n) is 21.1. The monoisotopic (exact) mass is 492 g/mol. The maximum atomic E-state index is 12.9. The Balaban J connectivity index is 1.17. The zero-order chi connectivity index (χ0) is 25.2. The number of aromatic nitrogens is 1. The number of hydrogen-bond donors (Lipinski definition) is 3. The lowest BCUT2D eigenvalue weighted by molar-refractivity contribution is 0.0939. The van der Waals surface area contributed by atoms with Crippen molar-refractivity contribution in [3.8, 4) is 0 Å².